The van der Waals surface area contributed by atoms with Gasteiger partial charge in [-0.3, -0.25) is 4.79 Å². The van der Waals surface area contributed by atoms with Gasteiger partial charge in [-0.05, 0) is 31.3 Å². The lowest BCUT2D eigenvalue weighted by molar-refractivity contribution is 0.0950. The molecular formula is C20H23N3O2. The van der Waals surface area contributed by atoms with Gasteiger partial charge in [0, 0.05) is 24.0 Å². The zero-order valence-corrected chi connectivity index (χ0v) is 14.7. The predicted octanol–water partition coefficient (Wildman–Crippen LogP) is 3.57. The fourth-order valence-electron chi connectivity index (χ4n) is 2.88. The van der Waals surface area contributed by atoms with Crippen molar-refractivity contribution in [2.24, 2.45) is 0 Å². The van der Waals surface area contributed by atoms with Crippen LogP contribution in [0.1, 0.15) is 24.2 Å². The van der Waals surface area contributed by atoms with Crippen molar-refractivity contribution in [1.82, 2.24) is 15.2 Å². The summed E-state index contributed by atoms with van der Waals surface area (Å²) in [5, 5.41) is 3.89. The minimum Gasteiger partial charge on any atom is -0.472 e. The van der Waals surface area contributed by atoms with Crippen molar-refractivity contribution in [3.05, 3.63) is 54.5 Å². The number of nitrogens with one attached hydrogen (secondary N) is 1. The van der Waals surface area contributed by atoms with Crippen molar-refractivity contribution < 1.29 is 9.21 Å². The summed E-state index contributed by atoms with van der Waals surface area (Å²) >= 11 is 0. The lowest BCUT2D eigenvalue weighted by atomic mass is 10.0. The Morgan fingerprint density at radius 1 is 1.20 bits per heavy atom. The Balaban J connectivity index is 1.87. The molecule has 0 atom stereocenters. The van der Waals surface area contributed by atoms with E-state index in [-0.39, 0.29) is 5.91 Å². The van der Waals surface area contributed by atoms with Crippen molar-refractivity contribution in [1.29, 1.82) is 0 Å². The molecule has 1 N–H and O–H groups in total. The molecule has 2 heterocycles. The molecule has 5 heteroatoms. The van der Waals surface area contributed by atoms with Crippen LogP contribution in [0.2, 0.25) is 0 Å². The number of aromatic nitrogens is 1. The van der Waals surface area contributed by atoms with Gasteiger partial charge < -0.3 is 14.6 Å². The number of hydrogen-bond acceptors (Lipinski definition) is 4. The second-order valence-corrected chi connectivity index (χ2v) is 5.87. The molecule has 0 aliphatic rings. The Morgan fingerprint density at radius 3 is 2.72 bits per heavy atom. The van der Waals surface area contributed by atoms with E-state index in [1.807, 2.05) is 36.4 Å². The van der Waals surface area contributed by atoms with Gasteiger partial charge in [0.05, 0.1) is 29.3 Å². The first-order valence-corrected chi connectivity index (χ1v) is 8.65. The van der Waals surface area contributed by atoms with Crippen LogP contribution in [-0.4, -0.2) is 42.0 Å². The molecule has 0 aliphatic carbocycles. The zero-order chi connectivity index (χ0) is 17.6. The molecule has 0 fully saturated rings. The van der Waals surface area contributed by atoms with Crippen LogP contribution in [0, 0.1) is 0 Å². The quantitative estimate of drug-likeness (QED) is 0.716. The molecule has 3 rings (SSSR count). The molecule has 1 aromatic carbocycles. The molecule has 0 aliphatic heterocycles. The summed E-state index contributed by atoms with van der Waals surface area (Å²) in [5.74, 6) is -0.0736. The Morgan fingerprint density at radius 2 is 2.00 bits per heavy atom. The monoisotopic (exact) mass is 337 g/mol. The number of nitrogens with zero attached hydrogens (tertiary/aromatic N) is 2. The standard InChI is InChI=1S/C20H23N3O2/c1-3-23(4-2)11-10-21-20(24)17-13-19(15-9-12-25-14-15)22-18-8-6-5-7-16(17)18/h5-9,12-14H,3-4,10-11H2,1-2H3,(H,21,24). The molecule has 3 aromatic rings. The van der Waals surface area contributed by atoms with Crippen LogP contribution in [-0.2, 0) is 0 Å². The number of furan rings is 1. The number of pyridine rings is 1. The van der Waals surface area contributed by atoms with Crippen molar-refractivity contribution in [2.45, 2.75) is 13.8 Å². The maximum absolute atomic E-state index is 12.8. The Bertz CT molecular complexity index is 839. The van der Waals surface area contributed by atoms with E-state index in [2.05, 4.69) is 29.0 Å². The van der Waals surface area contributed by atoms with E-state index in [1.165, 1.54) is 0 Å². The summed E-state index contributed by atoms with van der Waals surface area (Å²) in [5.41, 5.74) is 3.04. The molecule has 5 nitrogen and oxygen atoms in total. The van der Waals surface area contributed by atoms with Crippen LogP contribution >= 0.6 is 0 Å². The normalized spacial score (nSPS) is 11.2. The van der Waals surface area contributed by atoms with Crippen molar-refractivity contribution in [2.75, 3.05) is 26.2 Å². The lowest BCUT2D eigenvalue weighted by Gasteiger charge is -2.18. The number of benzene rings is 1. The van der Waals surface area contributed by atoms with Crippen molar-refractivity contribution in [3.63, 3.8) is 0 Å². The van der Waals surface area contributed by atoms with Crippen molar-refractivity contribution in [3.8, 4) is 11.3 Å². The van der Waals surface area contributed by atoms with Gasteiger partial charge in [-0.2, -0.15) is 0 Å². The molecule has 130 valence electrons. The number of para-hydroxylation sites is 1. The van der Waals surface area contributed by atoms with E-state index in [1.54, 1.807) is 12.5 Å². The van der Waals surface area contributed by atoms with Gasteiger partial charge in [0.2, 0.25) is 0 Å². The summed E-state index contributed by atoms with van der Waals surface area (Å²) in [6.45, 7) is 7.68. The van der Waals surface area contributed by atoms with Gasteiger partial charge in [-0.15, -0.1) is 0 Å². The van der Waals surface area contributed by atoms with Crippen LogP contribution in [0.5, 0.6) is 0 Å². The fourth-order valence-corrected chi connectivity index (χ4v) is 2.88. The number of fused-ring (bicyclic) bond motifs is 1. The zero-order valence-electron chi connectivity index (χ0n) is 14.7. The molecule has 0 radical (unpaired) electrons. The third kappa shape index (κ3) is 3.88. The van der Waals surface area contributed by atoms with Crippen LogP contribution in [0.4, 0.5) is 0 Å². The van der Waals surface area contributed by atoms with Gasteiger partial charge in [0.25, 0.3) is 5.91 Å². The Labute approximate surface area is 147 Å². The number of rotatable bonds is 7. The second-order valence-electron chi connectivity index (χ2n) is 5.87. The minimum atomic E-state index is -0.0736. The molecule has 0 bridgehead atoms. The number of carbonyl (C=O) groups is 1. The molecular weight excluding hydrogens is 314 g/mol. The largest absolute Gasteiger partial charge is 0.472 e. The summed E-state index contributed by atoms with van der Waals surface area (Å²) < 4.78 is 5.15. The Hall–Kier alpha value is -2.66. The van der Waals surface area contributed by atoms with Gasteiger partial charge >= 0.3 is 0 Å². The lowest BCUT2D eigenvalue weighted by Crippen LogP contribution is -2.34. The SMILES string of the molecule is CCN(CC)CCNC(=O)c1cc(-c2ccoc2)nc2ccccc12. The first-order chi connectivity index (χ1) is 12.2. The average Bonchev–Trinajstić information content (AvgIpc) is 3.19. The van der Waals surface area contributed by atoms with Crippen LogP contribution in [0.25, 0.3) is 22.2 Å². The van der Waals surface area contributed by atoms with E-state index in [0.717, 1.165) is 41.8 Å². The fraction of sp³-hybridized carbons (Fsp3) is 0.300. The highest BCUT2D eigenvalue weighted by atomic mass is 16.3. The third-order valence-electron chi connectivity index (χ3n) is 4.39. The number of carbonyl (C=O) groups excluding carboxylic acids is 1. The highest BCUT2D eigenvalue weighted by Gasteiger charge is 2.14. The van der Waals surface area contributed by atoms with E-state index >= 15 is 0 Å². The van der Waals surface area contributed by atoms with Crippen molar-refractivity contribution >= 4 is 16.8 Å². The number of hydrogen-bond donors (Lipinski definition) is 1. The maximum atomic E-state index is 12.8. The maximum Gasteiger partial charge on any atom is 0.252 e. The van der Waals surface area contributed by atoms with Gasteiger partial charge in [-0.25, -0.2) is 4.98 Å². The first kappa shape index (κ1) is 17.2. The topological polar surface area (TPSA) is 58.4 Å². The molecule has 0 saturated heterocycles. The highest BCUT2D eigenvalue weighted by Crippen LogP contribution is 2.25. The van der Waals surface area contributed by atoms with E-state index in [9.17, 15) is 4.79 Å². The van der Waals surface area contributed by atoms with Gasteiger partial charge in [0.1, 0.15) is 0 Å². The smallest absolute Gasteiger partial charge is 0.252 e. The second kappa shape index (κ2) is 7.94. The summed E-state index contributed by atoms with van der Waals surface area (Å²) in [6.07, 6.45) is 3.25. The number of likely N-dealkylation sites (N-methyl/N-ethyl adjacent to an activating group) is 1. The molecule has 0 saturated carbocycles. The average molecular weight is 337 g/mol. The third-order valence-corrected chi connectivity index (χ3v) is 4.39. The van der Waals surface area contributed by atoms with E-state index < -0.39 is 0 Å². The predicted molar refractivity (Wildman–Crippen MR) is 99.6 cm³/mol. The van der Waals surface area contributed by atoms with Crippen LogP contribution in [0.15, 0.2) is 53.3 Å². The molecule has 25 heavy (non-hydrogen) atoms. The van der Waals surface area contributed by atoms with Gasteiger partial charge in [0.15, 0.2) is 0 Å². The number of amides is 1. The van der Waals surface area contributed by atoms with E-state index in [0.29, 0.717) is 12.1 Å². The molecule has 2 aromatic heterocycles. The molecule has 0 unspecified atom stereocenters. The summed E-state index contributed by atoms with van der Waals surface area (Å²) in [6, 6.07) is 11.4. The minimum absolute atomic E-state index is 0.0736. The van der Waals surface area contributed by atoms with E-state index in [4.69, 9.17) is 4.42 Å². The van der Waals surface area contributed by atoms with Crippen LogP contribution in [0.3, 0.4) is 0 Å². The summed E-state index contributed by atoms with van der Waals surface area (Å²) in [4.78, 5) is 19.7. The van der Waals surface area contributed by atoms with Gasteiger partial charge in [-0.1, -0.05) is 32.0 Å². The van der Waals surface area contributed by atoms with Crippen LogP contribution < -0.4 is 5.32 Å². The molecule has 0 spiro atoms. The first-order valence-electron chi connectivity index (χ1n) is 8.65. The highest BCUT2D eigenvalue weighted by molar-refractivity contribution is 6.07. The summed E-state index contributed by atoms with van der Waals surface area (Å²) in [7, 11) is 0. The Kier molecular flexibility index (Phi) is 5.46. The molecule has 1 amide bonds.